The van der Waals surface area contributed by atoms with Gasteiger partial charge >= 0.3 is 0 Å². The molecule has 0 aliphatic carbocycles. The fraction of sp³-hybridized carbons (Fsp3) is 0. The molecular weight excluding hydrogens is 736 g/mol. The number of benzene rings is 10. The molecule has 3 nitrogen and oxygen atoms in total. The molecule has 1 aromatic heterocycles. The van der Waals surface area contributed by atoms with Gasteiger partial charge in [-0.2, -0.15) is 0 Å². The largest absolute Gasteiger partial charge is 0.455 e. The van der Waals surface area contributed by atoms with Crippen molar-refractivity contribution in [2.24, 2.45) is 0 Å². The van der Waals surface area contributed by atoms with Gasteiger partial charge in [-0.1, -0.05) is 140 Å². The lowest BCUT2D eigenvalue weighted by Crippen LogP contribution is -2.13. The van der Waals surface area contributed by atoms with Crippen LogP contribution in [0.25, 0.3) is 65.7 Å². The van der Waals surface area contributed by atoms with Gasteiger partial charge in [0.15, 0.2) is 0 Å². The summed E-state index contributed by atoms with van der Waals surface area (Å²) in [5, 5.41) is 6.34. The Hall–Kier alpha value is -7.95. The molecule has 0 saturated carbocycles. The Morgan fingerprint density at radius 3 is 1.45 bits per heavy atom. The van der Waals surface area contributed by atoms with Gasteiger partial charge < -0.3 is 14.2 Å². The van der Waals surface area contributed by atoms with Gasteiger partial charge in [0, 0.05) is 56.2 Å². The summed E-state index contributed by atoms with van der Waals surface area (Å²) in [4.78, 5) is 4.31. The third kappa shape index (κ3) is 6.05. The third-order valence-corrected chi connectivity index (χ3v) is 11.4. The van der Waals surface area contributed by atoms with Crippen LogP contribution in [0.5, 0.6) is 0 Å². The van der Waals surface area contributed by atoms with Gasteiger partial charge in [-0.3, -0.25) is 0 Å². The van der Waals surface area contributed by atoms with Crippen molar-refractivity contribution in [1.82, 2.24) is 0 Å². The highest BCUT2D eigenvalue weighted by Gasteiger charge is 2.25. The van der Waals surface area contributed by atoms with Gasteiger partial charge in [0.05, 0.1) is 5.69 Å². The molecule has 284 valence electrons. The summed E-state index contributed by atoms with van der Waals surface area (Å²) in [6.07, 6.45) is 0. The van der Waals surface area contributed by atoms with Crippen molar-refractivity contribution < 1.29 is 8.81 Å². The van der Waals surface area contributed by atoms with Crippen molar-refractivity contribution in [3.63, 3.8) is 0 Å². The zero-order valence-corrected chi connectivity index (χ0v) is 32.5. The van der Waals surface area contributed by atoms with E-state index in [9.17, 15) is 0 Å². The summed E-state index contributed by atoms with van der Waals surface area (Å²) < 4.78 is 24.2. The van der Waals surface area contributed by atoms with Crippen molar-refractivity contribution in [3.05, 3.63) is 230 Å². The number of para-hydroxylation sites is 3. The number of halogens is 1. The topological polar surface area (TPSA) is 19.6 Å². The van der Waals surface area contributed by atoms with E-state index in [1.54, 1.807) is 6.07 Å². The Balaban J connectivity index is 1.13. The molecule has 0 aliphatic rings. The molecule has 0 atom stereocenters. The smallest absolute Gasteiger partial charge is 0.148 e. The van der Waals surface area contributed by atoms with Gasteiger partial charge in [-0.05, 0) is 112 Å². The molecule has 11 aromatic rings. The molecule has 0 radical (unpaired) electrons. The molecule has 1 heterocycles. The maximum Gasteiger partial charge on any atom is 0.148 e. The highest BCUT2D eigenvalue weighted by atomic mass is 19.1. The monoisotopic (exact) mass is 772 g/mol. The highest BCUT2D eigenvalue weighted by Crippen LogP contribution is 2.48. The minimum absolute atomic E-state index is 0.312. The van der Waals surface area contributed by atoms with E-state index in [0.717, 1.165) is 94.2 Å². The van der Waals surface area contributed by atoms with Gasteiger partial charge in [-0.15, -0.1) is 0 Å². The van der Waals surface area contributed by atoms with Crippen molar-refractivity contribution in [3.8, 4) is 22.3 Å². The lowest BCUT2D eigenvalue weighted by molar-refractivity contribution is 0.630. The molecule has 4 heteroatoms. The number of anilines is 6. The van der Waals surface area contributed by atoms with Crippen molar-refractivity contribution >= 4 is 77.6 Å². The molecule has 0 saturated heterocycles. The van der Waals surface area contributed by atoms with Crippen molar-refractivity contribution in [2.45, 2.75) is 0 Å². The standard InChI is InChI=1S/C56H37FN2O/c57-52-35-40(38-18-6-1-7-19-38)34-50(39-20-8-2-9-21-39)55(52)59(43-26-14-5-15-27-43)44-30-32-48-51(36-44)46-28-16-17-29-47(46)54-49-33-31-45(37-53(49)60-56(48)54)58(41-22-10-3-11-23-41)42-24-12-4-13-25-42/h1-37H. The first-order chi connectivity index (χ1) is 29.7. The summed E-state index contributed by atoms with van der Waals surface area (Å²) in [7, 11) is 0. The molecule has 0 aliphatic heterocycles. The van der Waals surface area contributed by atoms with Crippen LogP contribution < -0.4 is 9.80 Å². The molecule has 10 aromatic carbocycles. The number of fused-ring (bicyclic) bond motifs is 8. The second kappa shape index (κ2) is 14.8. The molecule has 0 fully saturated rings. The van der Waals surface area contributed by atoms with E-state index in [-0.39, 0.29) is 5.82 Å². The normalized spacial score (nSPS) is 11.4. The summed E-state index contributed by atoms with van der Waals surface area (Å²) in [6.45, 7) is 0. The number of hydrogen-bond acceptors (Lipinski definition) is 3. The molecule has 0 unspecified atom stereocenters. The summed E-state index contributed by atoms with van der Waals surface area (Å²) in [6, 6.07) is 76.2. The minimum atomic E-state index is -0.312. The second-order valence-corrected chi connectivity index (χ2v) is 15.0. The molecule has 11 rings (SSSR count). The first-order valence-electron chi connectivity index (χ1n) is 20.2. The predicted molar refractivity (Wildman–Crippen MR) is 249 cm³/mol. The van der Waals surface area contributed by atoms with Crippen LogP contribution in [0.15, 0.2) is 229 Å². The number of rotatable bonds is 8. The Morgan fingerprint density at radius 2 is 0.833 bits per heavy atom. The summed E-state index contributed by atoms with van der Waals surface area (Å²) >= 11 is 0. The SMILES string of the molecule is Fc1cc(-c2ccccc2)cc(-c2ccccc2)c1N(c1ccccc1)c1ccc2c(c1)c1ccccc1c1c3ccc(N(c4ccccc4)c4ccccc4)cc3oc21. The van der Waals surface area contributed by atoms with Crippen LogP contribution in [0.4, 0.5) is 38.5 Å². The van der Waals surface area contributed by atoms with E-state index in [1.165, 1.54) is 0 Å². The lowest BCUT2D eigenvalue weighted by Gasteiger charge is -2.29. The highest BCUT2D eigenvalue weighted by molar-refractivity contribution is 6.30. The first-order valence-corrected chi connectivity index (χ1v) is 20.2. The molecular formula is C56H37FN2O. The van der Waals surface area contributed by atoms with Crippen LogP contribution in [0.2, 0.25) is 0 Å². The molecule has 60 heavy (non-hydrogen) atoms. The maximum atomic E-state index is 17.2. The van der Waals surface area contributed by atoms with Gasteiger partial charge in [-0.25, -0.2) is 4.39 Å². The predicted octanol–water partition coefficient (Wildman–Crippen LogP) is 16.3. The number of nitrogens with zero attached hydrogens (tertiary/aromatic N) is 2. The molecule has 0 spiro atoms. The Morgan fingerprint density at radius 1 is 0.333 bits per heavy atom. The van der Waals surface area contributed by atoms with Gasteiger partial charge in [0.1, 0.15) is 17.0 Å². The summed E-state index contributed by atoms with van der Waals surface area (Å²) in [5.41, 5.74) is 10.4. The lowest BCUT2D eigenvalue weighted by atomic mass is 9.94. The van der Waals surface area contributed by atoms with E-state index in [4.69, 9.17) is 4.42 Å². The van der Waals surface area contributed by atoms with Crippen LogP contribution >= 0.6 is 0 Å². The minimum Gasteiger partial charge on any atom is -0.455 e. The molecule has 0 bridgehead atoms. The van der Waals surface area contributed by atoms with Crippen molar-refractivity contribution in [2.75, 3.05) is 9.80 Å². The average Bonchev–Trinajstić information content (AvgIpc) is 3.71. The number of hydrogen-bond donors (Lipinski definition) is 0. The Kier molecular flexibility index (Phi) is 8.67. The van der Waals surface area contributed by atoms with Crippen LogP contribution in [-0.2, 0) is 0 Å². The Bertz CT molecular complexity index is 3270. The third-order valence-electron chi connectivity index (χ3n) is 11.4. The maximum absolute atomic E-state index is 17.2. The summed E-state index contributed by atoms with van der Waals surface area (Å²) in [5.74, 6) is -0.312. The van der Waals surface area contributed by atoms with E-state index in [1.807, 2.05) is 103 Å². The average molecular weight is 773 g/mol. The van der Waals surface area contributed by atoms with Gasteiger partial charge in [0.2, 0.25) is 0 Å². The van der Waals surface area contributed by atoms with E-state index in [0.29, 0.717) is 5.69 Å². The zero-order chi connectivity index (χ0) is 40.0. The molecule has 0 N–H and O–H groups in total. The Labute approximate surface area is 347 Å². The quantitative estimate of drug-likeness (QED) is 0.143. The van der Waals surface area contributed by atoms with Crippen LogP contribution in [0.3, 0.4) is 0 Å². The zero-order valence-electron chi connectivity index (χ0n) is 32.5. The van der Waals surface area contributed by atoms with Crippen LogP contribution in [0, 0.1) is 5.82 Å². The van der Waals surface area contributed by atoms with Crippen LogP contribution in [0.1, 0.15) is 0 Å². The second-order valence-electron chi connectivity index (χ2n) is 15.0. The fourth-order valence-corrected chi connectivity index (χ4v) is 8.76. The van der Waals surface area contributed by atoms with Crippen molar-refractivity contribution in [1.29, 1.82) is 0 Å². The van der Waals surface area contributed by atoms with Gasteiger partial charge in [0.25, 0.3) is 0 Å². The van der Waals surface area contributed by atoms with E-state index < -0.39 is 0 Å². The van der Waals surface area contributed by atoms with E-state index in [2.05, 4.69) is 125 Å². The fourth-order valence-electron chi connectivity index (χ4n) is 8.76. The van der Waals surface area contributed by atoms with E-state index >= 15 is 4.39 Å². The van der Waals surface area contributed by atoms with Crippen LogP contribution in [-0.4, -0.2) is 0 Å². The first kappa shape index (κ1) is 35.2. The number of furan rings is 1. The molecule has 0 amide bonds.